The highest BCUT2D eigenvalue weighted by molar-refractivity contribution is 8.14. The van der Waals surface area contributed by atoms with E-state index in [1.807, 2.05) is 6.07 Å². The minimum absolute atomic E-state index is 0.121. The van der Waals surface area contributed by atoms with Gasteiger partial charge < -0.3 is 5.32 Å². The van der Waals surface area contributed by atoms with Gasteiger partial charge in [0, 0.05) is 12.1 Å². The van der Waals surface area contributed by atoms with Gasteiger partial charge in [0.15, 0.2) is 0 Å². The zero-order valence-corrected chi connectivity index (χ0v) is 14.3. The van der Waals surface area contributed by atoms with Crippen LogP contribution in [0.5, 0.6) is 0 Å². The Hall–Kier alpha value is -1.82. The van der Waals surface area contributed by atoms with Gasteiger partial charge in [0.2, 0.25) is 5.91 Å². The van der Waals surface area contributed by atoms with Crippen molar-refractivity contribution < 1.29 is 14.4 Å². The smallest absolute Gasteiger partial charge is 0.289 e. The first kappa shape index (κ1) is 17.5. The largest absolute Gasteiger partial charge is 0.352 e. The Balaban J connectivity index is 1.92. The van der Waals surface area contributed by atoms with E-state index in [9.17, 15) is 14.4 Å². The molecule has 6 heteroatoms. The summed E-state index contributed by atoms with van der Waals surface area (Å²) < 4.78 is 0. The monoisotopic (exact) mass is 334 g/mol. The Morgan fingerprint density at radius 1 is 1.35 bits per heavy atom. The van der Waals surface area contributed by atoms with E-state index in [0.717, 1.165) is 30.2 Å². The lowest BCUT2D eigenvalue weighted by Gasteiger charge is -2.13. The molecule has 3 amide bonds. The molecule has 0 aliphatic carbocycles. The van der Waals surface area contributed by atoms with Crippen LogP contribution in [0.3, 0.4) is 0 Å². The maximum absolute atomic E-state index is 12.1. The van der Waals surface area contributed by atoms with Crippen molar-refractivity contribution >= 4 is 28.8 Å². The highest BCUT2D eigenvalue weighted by Gasteiger charge is 2.29. The van der Waals surface area contributed by atoms with Gasteiger partial charge in [-0.15, -0.1) is 0 Å². The first-order valence-electron chi connectivity index (χ1n) is 7.81. The molecule has 1 aromatic rings. The predicted molar refractivity (Wildman–Crippen MR) is 91.3 cm³/mol. The molecule has 0 atom stereocenters. The Kier molecular flexibility index (Phi) is 6.21. The van der Waals surface area contributed by atoms with Crippen molar-refractivity contribution in [2.75, 3.05) is 12.3 Å². The topological polar surface area (TPSA) is 66.5 Å². The summed E-state index contributed by atoms with van der Waals surface area (Å²) in [5.74, 6) is 0.533. The van der Waals surface area contributed by atoms with Crippen LogP contribution in [0, 0.1) is 5.92 Å². The average Bonchev–Trinajstić information content (AvgIpc) is 2.83. The summed E-state index contributed by atoms with van der Waals surface area (Å²) in [4.78, 5) is 36.6. The van der Waals surface area contributed by atoms with Crippen LogP contribution in [-0.2, 0) is 11.3 Å². The minimum Gasteiger partial charge on any atom is -0.352 e. The molecule has 23 heavy (non-hydrogen) atoms. The van der Waals surface area contributed by atoms with Crippen molar-refractivity contribution in [3.63, 3.8) is 0 Å². The molecule has 1 aromatic carbocycles. The first-order chi connectivity index (χ1) is 11.0. The number of carbonyl (C=O) groups is 3. The van der Waals surface area contributed by atoms with Crippen LogP contribution in [-0.4, -0.2) is 34.3 Å². The molecule has 5 nitrogen and oxygen atoms in total. The Labute approximate surface area is 140 Å². The van der Waals surface area contributed by atoms with Gasteiger partial charge in [0.1, 0.15) is 0 Å². The van der Waals surface area contributed by atoms with Crippen molar-refractivity contribution in [2.24, 2.45) is 5.92 Å². The van der Waals surface area contributed by atoms with Crippen LogP contribution in [0.25, 0.3) is 0 Å². The van der Waals surface area contributed by atoms with Gasteiger partial charge in [-0.3, -0.25) is 19.3 Å². The standard InChI is InChI=1S/C17H22N2O3S/c1-12(2)5-4-8-18-16(21)14-7-3-6-13(9-14)10-19-15(20)11-23-17(19)22/h3,6-7,9,12H,4-5,8,10-11H2,1-2H3,(H,18,21). The summed E-state index contributed by atoms with van der Waals surface area (Å²) in [5.41, 5.74) is 1.34. The molecule has 0 radical (unpaired) electrons. The molecule has 2 rings (SSSR count). The van der Waals surface area contributed by atoms with Gasteiger partial charge in [-0.2, -0.15) is 0 Å². The van der Waals surface area contributed by atoms with Crippen molar-refractivity contribution in [1.82, 2.24) is 10.2 Å². The molecule has 0 bridgehead atoms. The van der Waals surface area contributed by atoms with E-state index in [1.165, 1.54) is 4.90 Å². The second kappa shape index (κ2) is 8.15. The Morgan fingerprint density at radius 3 is 2.78 bits per heavy atom. The number of hydrogen-bond donors (Lipinski definition) is 1. The third-order valence-corrected chi connectivity index (χ3v) is 4.47. The van der Waals surface area contributed by atoms with E-state index in [0.29, 0.717) is 18.0 Å². The van der Waals surface area contributed by atoms with Crippen LogP contribution >= 0.6 is 11.8 Å². The minimum atomic E-state index is -0.224. The van der Waals surface area contributed by atoms with Gasteiger partial charge >= 0.3 is 0 Å². The number of rotatable bonds is 7. The third kappa shape index (κ3) is 5.10. The van der Waals surface area contributed by atoms with Gasteiger partial charge in [-0.1, -0.05) is 37.7 Å². The third-order valence-electron chi connectivity index (χ3n) is 3.61. The summed E-state index contributed by atoms with van der Waals surface area (Å²) in [7, 11) is 0. The number of hydrogen-bond acceptors (Lipinski definition) is 4. The van der Waals surface area contributed by atoms with E-state index in [-0.39, 0.29) is 29.4 Å². The average molecular weight is 334 g/mol. The highest BCUT2D eigenvalue weighted by Crippen LogP contribution is 2.21. The molecule has 1 heterocycles. The number of benzene rings is 1. The molecule has 0 saturated carbocycles. The normalized spacial score (nSPS) is 14.7. The number of carbonyl (C=O) groups excluding carboxylic acids is 3. The molecule has 1 N–H and O–H groups in total. The quantitative estimate of drug-likeness (QED) is 0.778. The van der Waals surface area contributed by atoms with E-state index in [1.54, 1.807) is 18.2 Å². The van der Waals surface area contributed by atoms with Gasteiger partial charge in [0.25, 0.3) is 11.1 Å². The lowest BCUT2D eigenvalue weighted by molar-refractivity contribution is -0.125. The fourth-order valence-corrected chi connectivity index (χ4v) is 3.07. The summed E-state index contributed by atoms with van der Waals surface area (Å²) in [6, 6.07) is 7.07. The number of imide groups is 1. The van der Waals surface area contributed by atoms with Crippen molar-refractivity contribution in [3.8, 4) is 0 Å². The van der Waals surface area contributed by atoms with Crippen molar-refractivity contribution in [1.29, 1.82) is 0 Å². The molecule has 1 aliphatic heterocycles. The Morgan fingerprint density at radius 2 is 2.13 bits per heavy atom. The molecule has 0 spiro atoms. The molecule has 1 saturated heterocycles. The van der Waals surface area contributed by atoms with Crippen LogP contribution in [0.4, 0.5) is 4.79 Å². The number of thioether (sulfide) groups is 1. The lowest BCUT2D eigenvalue weighted by atomic mass is 10.1. The van der Waals surface area contributed by atoms with Crippen molar-refractivity contribution in [3.05, 3.63) is 35.4 Å². The van der Waals surface area contributed by atoms with Crippen molar-refractivity contribution in [2.45, 2.75) is 33.2 Å². The van der Waals surface area contributed by atoms with Crippen LogP contribution in [0.1, 0.15) is 42.6 Å². The number of nitrogens with zero attached hydrogens (tertiary/aromatic N) is 1. The number of amides is 3. The molecular weight excluding hydrogens is 312 g/mol. The second-order valence-corrected chi connectivity index (χ2v) is 6.95. The molecule has 1 aliphatic rings. The molecular formula is C17H22N2O3S. The number of nitrogens with one attached hydrogen (secondary N) is 1. The second-order valence-electron chi connectivity index (χ2n) is 6.03. The van der Waals surface area contributed by atoms with E-state index in [2.05, 4.69) is 19.2 Å². The van der Waals surface area contributed by atoms with Crippen LogP contribution in [0.2, 0.25) is 0 Å². The zero-order valence-electron chi connectivity index (χ0n) is 13.5. The van der Waals surface area contributed by atoms with E-state index in [4.69, 9.17) is 0 Å². The fraction of sp³-hybridized carbons (Fsp3) is 0.471. The molecule has 124 valence electrons. The van der Waals surface area contributed by atoms with E-state index >= 15 is 0 Å². The molecule has 0 aromatic heterocycles. The molecule has 0 unspecified atom stereocenters. The summed E-state index contributed by atoms with van der Waals surface area (Å²) >= 11 is 1.02. The zero-order chi connectivity index (χ0) is 16.8. The highest BCUT2D eigenvalue weighted by atomic mass is 32.2. The van der Waals surface area contributed by atoms with Gasteiger partial charge in [-0.25, -0.2) is 0 Å². The summed E-state index contributed by atoms with van der Waals surface area (Å²) in [5, 5.41) is 2.68. The predicted octanol–water partition coefficient (Wildman–Crippen LogP) is 3.05. The summed E-state index contributed by atoms with van der Waals surface area (Å²) in [6.45, 7) is 5.19. The lowest BCUT2D eigenvalue weighted by Crippen LogP contribution is -2.28. The van der Waals surface area contributed by atoms with E-state index < -0.39 is 0 Å². The van der Waals surface area contributed by atoms with Gasteiger partial charge in [0.05, 0.1) is 12.3 Å². The Bertz CT molecular complexity index is 585. The van der Waals surface area contributed by atoms with Crippen LogP contribution < -0.4 is 5.32 Å². The summed E-state index contributed by atoms with van der Waals surface area (Å²) in [6.07, 6.45) is 2.04. The molecule has 1 fully saturated rings. The first-order valence-corrected chi connectivity index (χ1v) is 8.80. The van der Waals surface area contributed by atoms with Crippen LogP contribution in [0.15, 0.2) is 24.3 Å². The maximum Gasteiger partial charge on any atom is 0.289 e. The van der Waals surface area contributed by atoms with Gasteiger partial charge in [-0.05, 0) is 36.5 Å². The SMILES string of the molecule is CC(C)CCCNC(=O)c1cccc(CN2C(=O)CSC2=O)c1. The fourth-order valence-electron chi connectivity index (χ4n) is 2.34. The maximum atomic E-state index is 12.1.